The predicted molar refractivity (Wildman–Crippen MR) is 108 cm³/mol. The van der Waals surface area contributed by atoms with Crippen molar-refractivity contribution in [1.29, 1.82) is 0 Å². The molecule has 3 aromatic rings. The lowest BCUT2D eigenvalue weighted by molar-refractivity contribution is -0.139. The highest BCUT2D eigenvalue weighted by Crippen LogP contribution is 2.23. The van der Waals surface area contributed by atoms with Gasteiger partial charge in [-0.05, 0) is 42.3 Å². The van der Waals surface area contributed by atoms with Gasteiger partial charge in [0.05, 0.1) is 19.4 Å². The number of ether oxygens (including phenoxy) is 2. The second-order valence-electron chi connectivity index (χ2n) is 6.48. The summed E-state index contributed by atoms with van der Waals surface area (Å²) < 4.78 is 16.4. The topological polar surface area (TPSA) is 51.9 Å². The number of nitrogens with zero attached hydrogens (tertiary/aromatic N) is 1. The molecule has 0 aliphatic carbocycles. The largest absolute Gasteiger partial charge is 0.481 e. The van der Waals surface area contributed by atoms with E-state index in [0.29, 0.717) is 25.4 Å². The first kappa shape index (κ1) is 19.7. The first-order chi connectivity index (χ1) is 13.7. The fourth-order valence-electron chi connectivity index (χ4n) is 2.93. The quantitative estimate of drug-likeness (QED) is 0.553. The third-order valence-electron chi connectivity index (χ3n) is 4.43. The van der Waals surface area contributed by atoms with E-state index in [1.807, 2.05) is 54.6 Å². The van der Waals surface area contributed by atoms with Gasteiger partial charge in [0.25, 0.3) is 5.91 Å². The maximum Gasteiger partial charge on any atom is 0.263 e. The van der Waals surface area contributed by atoms with E-state index in [2.05, 4.69) is 12.1 Å². The van der Waals surface area contributed by atoms with Crippen LogP contribution in [0.4, 0.5) is 0 Å². The van der Waals surface area contributed by atoms with Gasteiger partial charge in [-0.15, -0.1) is 0 Å². The van der Waals surface area contributed by atoms with Crippen molar-refractivity contribution >= 4 is 5.91 Å². The van der Waals surface area contributed by atoms with Gasteiger partial charge in [0, 0.05) is 13.7 Å². The number of methoxy groups -OCH3 is 1. The molecule has 0 radical (unpaired) electrons. The third kappa shape index (κ3) is 5.24. The molecule has 0 spiro atoms. The Bertz CT molecular complexity index is 844. The van der Waals surface area contributed by atoms with Crippen molar-refractivity contribution < 1.29 is 18.7 Å². The molecule has 0 bridgehead atoms. The molecular formula is C23H25NO4. The van der Waals surface area contributed by atoms with Gasteiger partial charge in [-0.1, -0.05) is 42.5 Å². The maximum atomic E-state index is 12.9. The van der Waals surface area contributed by atoms with Crippen molar-refractivity contribution in [3.05, 3.63) is 78.8 Å². The number of hydrogen-bond donors (Lipinski definition) is 0. The standard InChI is InChI=1S/C23H25NO4/c1-18(23(25)24(14-16-26-2)17-22-9-6-15-27-22)28-21-12-10-20(11-13-21)19-7-4-3-5-8-19/h3-13,15,18H,14,16-17H2,1-2H3. The van der Waals surface area contributed by atoms with E-state index in [-0.39, 0.29) is 5.91 Å². The molecule has 5 heteroatoms. The number of furan rings is 1. The molecule has 2 aromatic carbocycles. The van der Waals surface area contributed by atoms with Crippen LogP contribution >= 0.6 is 0 Å². The van der Waals surface area contributed by atoms with Crippen LogP contribution in [-0.2, 0) is 16.1 Å². The minimum absolute atomic E-state index is 0.111. The highest BCUT2D eigenvalue weighted by atomic mass is 16.5. The van der Waals surface area contributed by atoms with Crippen LogP contribution < -0.4 is 4.74 Å². The van der Waals surface area contributed by atoms with Gasteiger partial charge < -0.3 is 18.8 Å². The van der Waals surface area contributed by atoms with Gasteiger partial charge in [0.2, 0.25) is 0 Å². The monoisotopic (exact) mass is 379 g/mol. The number of carbonyl (C=O) groups is 1. The number of benzene rings is 2. The van der Waals surface area contributed by atoms with E-state index in [0.717, 1.165) is 16.9 Å². The van der Waals surface area contributed by atoms with Gasteiger partial charge >= 0.3 is 0 Å². The SMILES string of the molecule is COCCN(Cc1ccco1)C(=O)C(C)Oc1ccc(-c2ccccc2)cc1. The molecule has 1 atom stereocenters. The Morgan fingerprint density at radius 2 is 1.71 bits per heavy atom. The summed E-state index contributed by atoms with van der Waals surface area (Å²) in [5.41, 5.74) is 2.24. The summed E-state index contributed by atoms with van der Waals surface area (Å²) in [6, 6.07) is 21.5. The van der Waals surface area contributed by atoms with Crippen LogP contribution in [0.2, 0.25) is 0 Å². The Kier molecular flexibility index (Phi) is 6.87. The average molecular weight is 379 g/mol. The number of rotatable bonds is 9. The molecule has 0 N–H and O–H groups in total. The Balaban J connectivity index is 1.64. The van der Waals surface area contributed by atoms with Crippen molar-refractivity contribution in [2.45, 2.75) is 19.6 Å². The Morgan fingerprint density at radius 3 is 2.36 bits per heavy atom. The van der Waals surface area contributed by atoms with Crippen LogP contribution in [0.1, 0.15) is 12.7 Å². The van der Waals surface area contributed by atoms with E-state index < -0.39 is 6.10 Å². The van der Waals surface area contributed by atoms with Gasteiger partial charge in [0.15, 0.2) is 6.10 Å². The lowest BCUT2D eigenvalue weighted by Crippen LogP contribution is -2.41. The Hall–Kier alpha value is -3.05. The van der Waals surface area contributed by atoms with E-state index in [1.165, 1.54) is 0 Å². The van der Waals surface area contributed by atoms with Crippen LogP contribution in [0.5, 0.6) is 5.75 Å². The lowest BCUT2D eigenvalue weighted by atomic mass is 10.1. The Morgan fingerprint density at radius 1 is 1.00 bits per heavy atom. The van der Waals surface area contributed by atoms with E-state index in [4.69, 9.17) is 13.9 Å². The normalized spacial score (nSPS) is 11.8. The molecule has 0 saturated carbocycles. The molecule has 1 aromatic heterocycles. The summed E-state index contributed by atoms with van der Waals surface area (Å²) in [7, 11) is 1.61. The molecule has 1 unspecified atom stereocenters. The summed E-state index contributed by atoms with van der Waals surface area (Å²) in [6.07, 6.45) is 0.983. The second kappa shape index (κ2) is 9.76. The summed E-state index contributed by atoms with van der Waals surface area (Å²) >= 11 is 0. The fraction of sp³-hybridized carbons (Fsp3) is 0.261. The van der Waals surface area contributed by atoms with Crippen LogP contribution in [0, 0.1) is 0 Å². The van der Waals surface area contributed by atoms with Crippen molar-refractivity contribution in [2.24, 2.45) is 0 Å². The molecule has 5 nitrogen and oxygen atoms in total. The zero-order valence-corrected chi connectivity index (χ0v) is 16.2. The second-order valence-corrected chi connectivity index (χ2v) is 6.48. The molecule has 0 aliphatic rings. The number of carbonyl (C=O) groups excluding carboxylic acids is 1. The molecule has 1 amide bonds. The van der Waals surface area contributed by atoms with Crippen molar-refractivity contribution in [1.82, 2.24) is 4.90 Å². The molecule has 146 valence electrons. The van der Waals surface area contributed by atoms with Gasteiger partial charge in [-0.2, -0.15) is 0 Å². The third-order valence-corrected chi connectivity index (χ3v) is 4.43. The molecule has 0 fully saturated rings. The summed E-state index contributed by atoms with van der Waals surface area (Å²) in [6.45, 7) is 3.06. The van der Waals surface area contributed by atoms with Crippen molar-refractivity contribution in [2.75, 3.05) is 20.3 Å². The summed E-state index contributed by atoms with van der Waals surface area (Å²) in [4.78, 5) is 14.6. The molecule has 1 heterocycles. The minimum atomic E-state index is -0.616. The fourth-order valence-corrected chi connectivity index (χ4v) is 2.93. The van der Waals surface area contributed by atoms with Crippen molar-refractivity contribution in [3.8, 4) is 16.9 Å². The highest BCUT2D eigenvalue weighted by molar-refractivity contribution is 5.81. The van der Waals surface area contributed by atoms with E-state index >= 15 is 0 Å². The van der Waals surface area contributed by atoms with Gasteiger partial charge in [-0.25, -0.2) is 0 Å². The zero-order chi connectivity index (χ0) is 19.8. The Labute approximate surface area is 165 Å². The molecular weight excluding hydrogens is 354 g/mol. The first-order valence-corrected chi connectivity index (χ1v) is 9.29. The predicted octanol–water partition coefficient (Wildman–Crippen LogP) is 4.39. The van der Waals surface area contributed by atoms with Gasteiger partial charge in [-0.3, -0.25) is 4.79 Å². The van der Waals surface area contributed by atoms with Crippen LogP contribution in [0.15, 0.2) is 77.4 Å². The summed E-state index contributed by atoms with van der Waals surface area (Å²) in [5.74, 6) is 1.27. The van der Waals surface area contributed by atoms with E-state index in [9.17, 15) is 4.79 Å². The zero-order valence-electron chi connectivity index (χ0n) is 16.2. The molecule has 0 saturated heterocycles. The first-order valence-electron chi connectivity index (χ1n) is 9.29. The van der Waals surface area contributed by atoms with Gasteiger partial charge in [0.1, 0.15) is 11.5 Å². The van der Waals surface area contributed by atoms with Crippen LogP contribution in [-0.4, -0.2) is 37.2 Å². The van der Waals surface area contributed by atoms with E-state index in [1.54, 1.807) is 25.2 Å². The van der Waals surface area contributed by atoms with Crippen molar-refractivity contribution in [3.63, 3.8) is 0 Å². The average Bonchev–Trinajstić information content (AvgIpc) is 3.25. The number of amides is 1. The molecule has 28 heavy (non-hydrogen) atoms. The van der Waals surface area contributed by atoms with Crippen LogP contribution in [0.25, 0.3) is 11.1 Å². The maximum absolute atomic E-state index is 12.9. The van der Waals surface area contributed by atoms with Crippen LogP contribution in [0.3, 0.4) is 0 Å². The molecule has 0 aliphatic heterocycles. The summed E-state index contributed by atoms with van der Waals surface area (Å²) in [5, 5.41) is 0. The highest BCUT2D eigenvalue weighted by Gasteiger charge is 2.23. The lowest BCUT2D eigenvalue weighted by Gasteiger charge is -2.25. The minimum Gasteiger partial charge on any atom is -0.481 e. The number of hydrogen-bond acceptors (Lipinski definition) is 4. The molecule has 3 rings (SSSR count). The smallest absolute Gasteiger partial charge is 0.263 e.